The molecule has 3 rings (SSSR count). The lowest BCUT2D eigenvalue weighted by Gasteiger charge is -2.03. The van der Waals surface area contributed by atoms with Crippen molar-refractivity contribution in [1.29, 1.82) is 0 Å². The molecule has 0 saturated carbocycles. The third-order valence-electron chi connectivity index (χ3n) is 3.34. The molecule has 0 aliphatic carbocycles. The van der Waals surface area contributed by atoms with Crippen LogP contribution in [-0.4, -0.2) is 21.0 Å². The van der Waals surface area contributed by atoms with E-state index in [2.05, 4.69) is 20.4 Å². The summed E-state index contributed by atoms with van der Waals surface area (Å²) in [6.45, 7) is 0. The molecule has 0 aliphatic rings. The molecule has 7 nitrogen and oxygen atoms in total. The molecule has 25 heavy (non-hydrogen) atoms. The second-order valence-electron chi connectivity index (χ2n) is 4.99. The van der Waals surface area contributed by atoms with Crippen LogP contribution in [0.4, 0.5) is 20.5 Å². The number of benzene rings is 1. The van der Waals surface area contributed by atoms with E-state index < -0.39 is 6.43 Å². The zero-order valence-electron chi connectivity index (χ0n) is 12.7. The highest BCUT2D eigenvalue weighted by molar-refractivity contribution is 5.95. The van der Waals surface area contributed by atoms with Crippen LogP contribution < -0.4 is 11.1 Å². The smallest absolute Gasteiger partial charge is 0.299 e. The first kappa shape index (κ1) is 16.4. The number of rotatable bonds is 5. The number of nitrogens with one attached hydrogen (secondary N) is 1. The Labute approximate surface area is 140 Å². The molecule has 2 aromatic heterocycles. The molecule has 0 bridgehead atoms. The zero-order chi connectivity index (χ0) is 17.8. The van der Waals surface area contributed by atoms with Gasteiger partial charge in [-0.15, -0.1) is 0 Å². The van der Waals surface area contributed by atoms with Crippen molar-refractivity contribution in [2.75, 3.05) is 5.32 Å². The number of nitrogens with zero attached hydrogens (tertiary/aromatic N) is 3. The van der Waals surface area contributed by atoms with Crippen LogP contribution in [0.1, 0.15) is 17.7 Å². The number of anilines is 2. The minimum Gasteiger partial charge on any atom is -0.423 e. The predicted octanol–water partition coefficient (Wildman–Crippen LogP) is 3.51. The summed E-state index contributed by atoms with van der Waals surface area (Å²) in [5.41, 5.74) is 6.91. The molecule has 9 heteroatoms. The van der Waals surface area contributed by atoms with Crippen molar-refractivity contribution in [3.8, 4) is 11.3 Å². The molecule has 0 aliphatic heterocycles. The van der Waals surface area contributed by atoms with Gasteiger partial charge in [0.1, 0.15) is 5.69 Å². The number of hydrogen-bond acceptors (Lipinski definition) is 6. The van der Waals surface area contributed by atoms with Gasteiger partial charge in [0.15, 0.2) is 11.6 Å². The first-order valence-electron chi connectivity index (χ1n) is 7.12. The van der Waals surface area contributed by atoms with Crippen molar-refractivity contribution >= 4 is 17.5 Å². The van der Waals surface area contributed by atoms with Gasteiger partial charge < -0.3 is 20.7 Å². The molecule has 1 aromatic carbocycles. The maximum atomic E-state index is 12.6. The van der Waals surface area contributed by atoms with Gasteiger partial charge in [-0.25, -0.2) is 13.8 Å². The average molecular weight is 345 g/mol. The molecule has 3 aromatic rings. The van der Waals surface area contributed by atoms with Crippen LogP contribution in [-0.2, 0) is 0 Å². The molecule has 4 N–H and O–H groups in total. The maximum Gasteiger partial charge on any atom is 0.299 e. The third-order valence-corrected chi connectivity index (χ3v) is 3.34. The van der Waals surface area contributed by atoms with Gasteiger partial charge in [-0.05, 0) is 12.1 Å². The van der Waals surface area contributed by atoms with Crippen LogP contribution in [0.15, 0.2) is 58.4 Å². The van der Waals surface area contributed by atoms with Crippen molar-refractivity contribution in [2.45, 2.75) is 6.43 Å². The summed E-state index contributed by atoms with van der Waals surface area (Å²) < 4.78 is 30.7. The highest BCUT2D eigenvalue weighted by Gasteiger charge is 2.10. The van der Waals surface area contributed by atoms with E-state index in [1.165, 1.54) is 24.5 Å². The lowest BCUT2D eigenvalue weighted by Crippen LogP contribution is -2.14. The maximum absolute atomic E-state index is 12.6. The van der Waals surface area contributed by atoms with E-state index in [0.717, 1.165) is 0 Å². The molecule has 0 saturated heterocycles. The summed E-state index contributed by atoms with van der Waals surface area (Å²) >= 11 is 0. The highest BCUT2D eigenvalue weighted by Crippen LogP contribution is 2.26. The topological polar surface area (TPSA) is 110 Å². The van der Waals surface area contributed by atoms with Crippen LogP contribution in [0.2, 0.25) is 0 Å². The summed E-state index contributed by atoms with van der Waals surface area (Å²) in [5.74, 6) is 0.335. The van der Waals surface area contributed by atoms with Gasteiger partial charge in [-0.1, -0.05) is 29.4 Å². The fourth-order valence-corrected chi connectivity index (χ4v) is 2.05. The lowest BCUT2D eigenvalue weighted by molar-refractivity contribution is 0.151. The fourth-order valence-electron chi connectivity index (χ4n) is 2.05. The second kappa shape index (κ2) is 6.95. The van der Waals surface area contributed by atoms with Crippen LogP contribution in [0.25, 0.3) is 11.3 Å². The Morgan fingerprint density at radius 2 is 1.88 bits per heavy atom. The van der Waals surface area contributed by atoms with Gasteiger partial charge in [0.2, 0.25) is 0 Å². The molecule has 128 valence electrons. The largest absolute Gasteiger partial charge is 0.423 e. The lowest BCUT2D eigenvalue weighted by atomic mass is 10.1. The molecular weight excluding hydrogens is 332 g/mol. The Morgan fingerprint density at radius 1 is 1.12 bits per heavy atom. The van der Waals surface area contributed by atoms with Crippen molar-refractivity contribution in [1.82, 2.24) is 9.97 Å². The first-order valence-corrected chi connectivity index (χ1v) is 7.12. The number of aromatic nitrogens is 2. The number of pyridine rings is 1. The Morgan fingerprint density at radius 3 is 2.48 bits per heavy atom. The van der Waals surface area contributed by atoms with E-state index in [-0.39, 0.29) is 17.4 Å². The van der Waals surface area contributed by atoms with E-state index in [4.69, 9.17) is 15.4 Å². The van der Waals surface area contributed by atoms with E-state index in [1.54, 1.807) is 24.3 Å². The van der Waals surface area contributed by atoms with Crippen LogP contribution in [0.3, 0.4) is 0 Å². The minimum absolute atomic E-state index is 0.0570. The Bertz CT molecular complexity index is 876. The number of nitrogens with two attached hydrogens (primary N) is 1. The Kier molecular flexibility index (Phi) is 4.55. The minimum atomic E-state index is -2.51. The van der Waals surface area contributed by atoms with Crippen LogP contribution in [0, 0.1) is 0 Å². The number of halogens is 2. The van der Waals surface area contributed by atoms with E-state index in [0.29, 0.717) is 22.7 Å². The molecule has 0 atom stereocenters. The summed E-state index contributed by atoms with van der Waals surface area (Å²) in [5, 5.41) is 14.4. The van der Waals surface area contributed by atoms with Crippen LogP contribution in [0.5, 0.6) is 0 Å². The molecule has 2 heterocycles. The number of amidine groups is 1. The Hall–Kier alpha value is -3.49. The van der Waals surface area contributed by atoms with Crippen molar-refractivity contribution in [3.05, 3.63) is 60.0 Å². The summed E-state index contributed by atoms with van der Waals surface area (Å²) in [4.78, 5) is 8.09. The second-order valence-corrected chi connectivity index (χ2v) is 4.99. The van der Waals surface area contributed by atoms with E-state index in [9.17, 15) is 8.78 Å². The summed E-state index contributed by atoms with van der Waals surface area (Å²) in [6.07, 6.45) is 0.438. The van der Waals surface area contributed by atoms with Gasteiger partial charge in [0.05, 0.1) is 18.1 Å². The normalized spacial score (nSPS) is 11.7. The monoisotopic (exact) mass is 345 g/mol. The van der Waals surface area contributed by atoms with E-state index in [1.807, 2.05) is 0 Å². The van der Waals surface area contributed by atoms with Gasteiger partial charge in [0.25, 0.3) is 12.4 Å². The average Bonchev–Trinajstić information content (AvgIpc) is 3.10. The number of hydrogen-bond donors (Lipinski definition) is 3. The van der Waals surface area contributed by atoms with Gasteiger partial charge in [-0.3, -0.25) is 4.98 Å². The van der Waals surface area contributed by atoms with Gasteiger partial charge in [-0.2, -0.15) is 0 Å². The first-order chi connectivity index (χ1) is 12.1. The fraction of sp³-hybridized carbons (Fsp3) is 0.0625. The number of alkyl halides is 2. The summed E-state index contributed by atoms with van der Waals surface area (Å²) in [7, 11) is 0. The highest BCUT2D eigenvalue weighted by atomic mass is 19.3. The molecular formula is C16H13F2N5O2. The van der Waals surface area contributed by atoms with Crippen molar-refractivity contribution in [2.24, 2.45) is 10.9 Å². The van der Waals surface area contributed by atoms with Crippen molar-refractivity contribution < 1.29 is 18.4 Å². The molecule has 0 spiro atoms. The predicted molar refractivity (Wildman–Crippen MR) is 86.9 cm³/mol. The summed E-state index contributed by atoms with van der Waals surface area (Å²) in [6, 6.07) is 9.19. The van der Waals surface area contributed by atoms with Crippen molar-refractivity contribution in [3.63, 3.8) is 0 Å². The van der Waals surface area contributed by atoms with Crippen LogP contribution >= 0.6 is 0 Å². The van der Waals surface area contributed by atoms with E-state index >= 15 is 0 Å². The molecule has 0 unspecified atom stereocenters. The van der Waals surface area contributed by atoms with Gasteiger partial charge >= 0.3 is 0 Å². The number of oxime groups is 1. The standard InChI is InChI=1S/C16H13F2N5O2/c17-14(18)10-3-1-9(2-4-10)13-8-21-16(25-13)22-11-5-6-12(20-7-11)15(19)23-24/h1-8,14,24H,(H2,19,23)(H,21,22). The zero-order valence-corrected chi connectivity index (χ0v) is 12.7. The quantitative estimate of drug-likeness (QED) is 0.282. The SMILES string of the molecule is NC(=NO)c1ccc(Nc2ncc(-c3ccc(C(F)F)cc3)o2)cn1. The Balaban J connectivity index is 1.73. The number of oxazole rings is 1. The third kappa shape index (κ3) is 3.71. The molecule has 0 fully saturated rings. The molecule has 0 radical (unpaired) electrons. The van der Waals surface area contributed by atoms with Gasteiger partial charge in [0, 0.05) is 11.1 Å². The molecule has 0 amide bonds.